The van der Waals surface area contributed by atoms with E-state index in [-0.39, 0.29) is 18.4 Å². The lowest BCUT2D eigenvalue weighted by Crippen LogP contribution is -2.52. The van der Waals surface area contributed by atoms with Crippen molar-refractivity contribution in [2.45, 2.75) is 33.1 Å². The van der Waals surface area contributed by atoms with Gasteiger partial charge in [0, 0.05) is 31.9 Å². The fourth-order valence-corrected chi connectivity index (χ4v) is 5.40. The van der Waals surface area contributed by atoms with Gasteiger partial charge in [0.1, 0.15) is 0 Å². The molecule has 1 aromatic carbocycles. The van der Waals surface area contributed by atoms with Crippen LogP contribution in [-0.2, 0) is 26.2 Å². The summed E-state index contributed by atoms with van der Waals surface area (Å²) in [6, 6.07) is 5.98. The van der Waals surface area contributed by atoms with E-state index < -0.39 is 10.2 Å². The minimum atomic E-state index is -3.54. The monoisotopic (exact) mass is 395 g/mol. The van der Waals surface area contributed by atoms with Gasteiger partial charge in [0.25, 0.3) is 10.2 Å². The SMILES string of the molecule is CCc1cccc(C)c1NC(=O)C1CCCN(S(=O)(=O)N2CCOCC2)C1. The van der Waals surface area contributed by atoms with Crippen molar-refractivity contribution in [2.24, 2.45) is 5.92 Å². The highest BCUT2D eigenvalue weighted by Crippen LogP contribution is 2.26. The number of benzene rings is 1. The van der Waals surface area contributed by atoms with Crippen molar-refractivity contribution in [3.05, 3.63) is 29.3 Å². The Labute approximate surface area is 161 Å². The number of nitrogens with one attached hydrogen (secondary N) is 1. The van der Waals surface area contributed by atoms with E-state index in [1.165, 1.54) is 8.61 Å². The number of hydrogen-bond acceptors (Lipinski definition) is 4. The van der Waals surface area contributed by atoms with Crippen molar-refractivity contribution in [1.29, 1.82) is 0 Å². The Balaban J connectivity index is 1.70. The third kappa shape index (κ3) is 4.51. The van der Waals surface area contributed by atoms with Crippen LogP contribution in [0.3, 0.4) is 0 Å². The molecule has 1 unspecified atom stereocenters. The third-order valence-electron chi connectivity index (χ3n) is 5.37. The standard InChI is InChI=1S/C19H29N3O4S/c1-3-16-7-4-6-15(2)18(16)20-19(23)17-8-5-9-22(14-17)27(24,25)21-10-12-26-13-11-21/h4,6-7,17H,3,5,8-14H2,1-2H3,(H,20,23). The maximum absolute atomic E-state index is 12.9. The summed E-state index contributed by atoms with van der Waals surface area (Å²) in [6.07, 6.45) is 2.23. The molecular formula is C19H29N3O4S. The first kappa shape index (κ1) is 20.3. The number of morpholine rings is 1. The summed E-state index contributed by atoms with van der Waals surface area (Å²) in [6.45, 7) is 6.32. The lowest BCUT2D eigenvalue weighted by Gasteiger charge is -2.36. The number of nitrogens with zero attached hydrogens (tertiary/aromatic N) is 2. The van der Waals surface area contributed by atoms with Crippen LogP contribution in [0.5, 0.6) is 0 Å². The van der Waals surface area contributed by atoms with Gasteiger partial charge in [-0.05, 0) is 37.3 Å². The lowest BCUT2D eigenvalue weighted by atomic mass is 9.98. The van der Waals surface area contributed by atoms with Gasteiger partial charge in [-0.1, -0.05) is 25.1 Å². The molecule has 0 saturated carbocycles. The summed E-state index contributed by atoms with van der Waals surface area (Å²) in [5, 5.41) is 3.06. The molecule has 150 valence electrons. The van der Waals surface area contributed by atoms with Gasteiger partial charge in [-0.2, -0.15) is 17.0 Å². The lowest BCUT2D eigenvalue weighted by molar-refractivity contribution is -0.120. The first-order valence-electron chi connectivity index (χ1n) is 9.65. The molecule has 27 heavy (non-hydrogen) atoms. The molecule has 0 bridgehead atoms. The second kappa shape index (κ2) is 8.68. The zero-order chi connectivity index (χ0) is 19.4. The molecule has 2 aliphatic rings. The number of carbonyl (C=O) groups excluding carboxylic acids is 1. The molecular weight excluding hydrogens is 366 g/mol. The zero-order valence-electron chi connectivity index (χ0n) is 16.1. The van der Waals surface area contributed by atoms with E-state index in [0.717, 1.165) is 23.2 Å². The average molecular weight is 396 g/mol. The second-order valence-electron chi connectivity index (χ2n) is 7.17. The molecule has 8 heteroatoms. The Kier molecular flexibility index (Phi) is 6.52. The maximum Gasteiger partial charge on any atom is 0.282 e. The highest BCUT2D eigenvalue weighted by Gasteiger charge is 2.36. The number of aryl methyl sites for hydroxylation is 2. The van der Waals surface area contributed by atoms with Gasteiger partial charge in [-0.3, -0.25) is 4.79 Å². The molecule has 2 heterocycles. The predicted molar refractivity (Wildman–Crippen MR) is 105 cm³/mol. The number of piperidine rings is 1. The van der Waals surface area contributed by atoms with Gasteiger partial charge in [-0.15, -0.1) is 0 Å². The van der Waals surface area contributed by atoms with Crippen molar-refractivity contribution in [2.75, 3.05) is 44.7 Å². The summed E-state index contributed by atoms with van der Waals surface area (Å²) in [4.78, 5) is 12.9. The van der Waals surface area contributed by atoms with E-state index in [1.807, 2.05) is 25.1 Å². The van der Waals surface area contributed by atoms with E-state index >= 15 is 0 Å². The molecule has 2 fully saturated rings. The Bertz CT molecular complexity index is 775. The van der Waals surface area contributed by atoms with Crippen LogP contribution in [0.2, 0.25) is 0 Å². The highest BCUT2D eigenvalue weighted by molar-refractivity contribution is 7.86. The zero-order valence-corrected chi connectivity index (χ0v) is 16.9. The highest BCUT2D eigenvalue weighted by atomic mass is 32.2. The summed E-state index contributed by atoms with van der Waals surface area (Å²) >= 11 is 0. The van der Waals surface area contributed by atoms with E-state index in [4.69, 9.17) is 4.74 Å². The van der Waals surface area contributed by atoms with Crippen LogP contribution in [0.15, 0.2) is 18.2 Å². The third-order valence-corrected chi connectivity index (χ3v) is 7.37. The first-order chi connectivity index (χ1) is 12.9. The van der Waals surface area contributed by atoms with Crippen LogP contribution in [-0.4, -0.2) is 62.3 Å². The van der Waals surface area contributed by atoms with Gasteiger partial charge >= 0.3 is 0 Å². The van der Waals surface area contributed by atoms with Crippen LogP contribution >= 0.6 is 0 Å². The molecule has 7 nitrogen and oxygen atoms in total. The molecule has 2 aliphatic heterocycles. The summed E-state index contributed by atoms with van der Waals surface area (Å²) in [5.74, 6) is -0.431. The van der Waals surface area contributed by atoms with E-state index in [1.54, 1.807) is 0 Å². The number of rotatable bonds is 5. The largest absolute Gasteiger partial charge is 0.379 e. The predicted octanol–water partition coefficient (Wildman–Crippen LogP) is 1.78. The Morgan fingerprint density at radius 1 is 1.22 bits per heavy atom. The minimum Gasteiger partial charge on any atom is -0.379 e. The summed E-state index contributed by atoms with van der Waals surface area (Å²) in [7, 11) is -3.54. The fraction of sp³-hybridized carbons (Fsp3) is 0.632. The van der Waals surface area contributed by atoms with Gasteiger partial charge < -0.3 is 10.1 Å². The molecule has 0 aromatic heterocycles. The van der Waals surface area contributed by atoms with E-state index in [9.17, 15) is 13.2 Å². The van der Waals surface area contributed by atoms with E-state index in [0.29, 0.717) is 45.7 Å². The van der Waals surface area contributed by atoms with Gasteiger partial charge in [0.15, 0.2) is 0 Å². The Hall–Kier alpha value is -1.48. The number of hydrogen-bond donors (Lipinski definition) is 1. The van der Waals surface area contributed by atoms with Crippen molar-refractivity contribution in [1.82, 2.24) is 8.61 Å². The second-order valence-corrected chi connectivity index (χ2v) is 9.10. The van der Waals surface area contributed by atoms with Gasteiger partial charge in [0.05, 0.1) is 19.1 Å². The number of anilines is 1. The smallest absolute Gasteiger partial charge is 0.282 e. The van der Waals surface area contributed by atoms with Crippen LogP contribution in [0, 0.1) is 12.8 Å². The number of ether oxygens (including phenoxy) is 1. The Morgan fingerprint density at radius 3 is 2.67 bits per heavy atom. The van der Waals surface area contributed by atoms with Gasteiger partial charge in [-0.25, -0.2) is 0 Å². The maximum atomic E-state index is 12.9. The van der Waals surface area contributed by atoms with Crippen LogP contribution < -0.4 is 5.32 Å². The van der Waals surface area contributed by atoms with Gasteiger partial charge in [0.2, 0.25) is 5.91 Å². The molecule has 0 radical (unpaired) electrons. The summed E-state index contributed by atoms with van der Waals surface area (Å²) < 4.78 is 34.0. The Morgan fingerprint density at radius 2 is 1.96 bits per heavy atom. The van der Waals surface area contributed by atoms with Crippen LogP contribution in [0.4, 0.5) is 5.69 Å². The molecule has 1 amide bonds. The molecule has 0 aliphatic carbocycles. The van der Waals surface area contributed by atoms with E-state index in [2.05, 4.69) is 12.2 Å². The molecule has 1 N–H and O–H groups in total. The number of para-hydroxylation sites is 1. The molecule has 0 spiro atoms. The first-order valence-corrected chi connectivity index (χ1v) is 11.1. The van der Waals surface area contributed by atoms with Crippen molar-refractivity contribution in [3.8, 4) is 0 Å². The molecule has 2 saturated heterocycles. The quantitative estimate of drug-likeness (QED) is 0.824. The average Bonchev–Trinajstić information content (AvgIpc) is 2.70. The molecule has 1 atom stereocenters. The molecule has 1 aromatic rings. The fourth-order valence-electron chi connectivity index (χ4n) is 3.73. The minimum absolute atomic E-state index is 0.0964. The van der Waals surface area contributed by atoms with Crippen LogP contribution in [0.1, 0.15) is 30.9 Å². The van der Waals surface area contributed by atoms with Crippen LogP contribution in [0.25, 0.3) is 0 Å². The number of amides is 1. The van der Waals surface area contributed by atoms with Crippen molar-refractivity contribution < 1.29 is 17.9 Å². The normalized spacial score (nSPS) is 22.5. The molecule has 3 rings (SSSR count). The summed E-state index contributed by atoms with van der Waals surface area (Å²) in [5.41, 5.74) is 2.98. The topological polar surface area (TPSA) is 79.0 Å². The van der Waals surface area contributed by atoms with Crippen molar-refractivity contribution >= 4 is 21.8 Å². The number of carbonyl (C=O) groups is 1. The van der Waals surface area contributed by atoms with Crippen molar-refractivity contribution in [3.63, 3.8) is 0 Å².